The minimum Gasteiger partial charge on any atom is -0.502 e. The van der Waals surface area contributed by atoms with Crippen LogP contribution in [0.5, 0.6) is 0 Å². The number of aliphatic hydroxyl groups excluding tert-OH is 1. The predicted molar refractivity (Wildman–Crippen MR) is 70.8 cm³/mol. The van der Waals surface area contributed by atoms with E-state index in [1.54, 1.807) is 0 Å². The van der Waals surface area contributed by atoms with Crippen LogP contribution in [0.4, 0.5) is 0 Å². The number of hydrogen-bond acceptors (Lipinski definition) is 3. The van der Waals surface area contributed by atoms with Crippen LogP contribution in [-0.2, 0) is 4.79 Å². The normalized spacial score (nSPS) is 26.2. The first-order chi connectivity index (χ1) is 8.59. The van der Waals surface area contributed by atoms with Crippen LogP contribution >= 0.6 is 0 Å². The van der Waals surface area contributed by atoms with Gasteiger partial charge in [0.05, 0.1) is 0 Å². The largest absolute Gasteiger partial charge is 0.502 e. The lowest BCUT2D eigenvalue weighted by atomic mass is 9.92. The van der Waals surface area contributed by atoms with Gasteiger partial charge in [-0.15, -0.1) is 0 Å². The number of rotatable bonds is 3. The van der Waals surface area contributed by atoms with Crippen LogP contribution in [0.25, 0.3) is 0 Å². The number of amides is 1. The van der Waals surface area contributed by atoms with Crippen molar-refractivity contribution in [2.24, 2.45) is 5.92 Å². The van der Waals surface area contributed by atoms with E-state index in [1.807, 2.05) is 4.90 Å². The molecular weight excluding hydrogens is 228 g/mol. The zero-order valence-corrected chi connectivity index (χ0v) is 11.4. The SMILES string of the molecule is CC(C)CC1NC=C(O)C(=O)N1C1CCCCC1. The summed E-state index contributed by atoms with van der Waals surface area (Å²) >= 11 is 0. The summed E-state index contributed by atoms with van der Waals surface area (Å²) in [5.74, 6) is 0.168. The molecule has 4 heteroatoms. The highest BCUT2D eigenvalue weighted by Gasteiger charge is 2.35. The van der Waals surface area contributed by atoms with Crippen molar-refractivity contribution >= 4 is 5.91 Å². The van der Waals surface area contributed by atoms with Crippen LogP contribution in [0.2, 0.25) is 0 Å². The first-order valence-electron chi connectivity index (χ1n) is 7.07. The zero-order valence-electron chi connectivity index (χ0n) is 11.4. The van der Waals surface area contributed by atoms with Crippen LogP contribution < -0.4 is 5.32 Å². The van der Waals surface area contributed by atoms with Gasteiger partial charge in [-0.3, -0.25) is 4.79 Å². The Balaban J connectivity index is 2.14. The van der Waals surface area contributed by atoms with Gasteiger partial charge in [-0.2, -0.15) is 0 Å². The van der Waals surface area contributed by atoms with Crippen LogP contribution in [0.15, 0.2) is 12.0 Å². The average molecular weight is 252 g/mol. The van der Waals surface area contributed by atoms with Crippen molar-refractivity contribution in [2.75, 3.05) is 0 Å². The highest BCUT2D eigenvalue weighted by Crippen LogP contribution is 2.27. The van der Waals surface area contributed by atoms with E-state index in [4.69, 9.17) is 0 Å². The molecule has 0 radical (unpaired) electrons. The molecule has 1 amide bonds. The molecule has 18 heavy (non-hydrogen) atoms. The third-order valence-corrected chi connectivity index (χ3v) is 3.86. The molecule has 1 fully saturated rings. The summed E-state index contributed by atoms with van der Waals surface area (Å²) in [5, 5.41) is 12.8. The Bertz CT molecular complexity index is 333. The molecule has 0 spiro atoms. The van der Waals surface area contributed by atoms with Gasteiger partial charge in [-0.05, 0) is 25.2 Å². The van der Waals surface area contributed by atoms with Gasteiger partial charge in [0, 0.05) is 12.2 Å². The van der Waals surface area contributed by atoms with Gasteiger partial charge in [0.2, 0.25) is 0 Å². The molecule has 2 rings (SSSR count). The molecule has 1 saturated carbocycles. The van der Waals surface area contributed by atoms with Gasteiger partial charge in [0.25, 0.3) is 5.91 Å². The van der Waals surface area contributed by atoms with Crippen molar-refractivity contribution in [3.63, 3.8) is 0 Å². The van der Waals surface area contributed by atoms with Crippen LogP contribution in [0.3, 0.4) is 0 Å². The Kier molecular flexibility index (Phi) is 4.15. The number of carbonyl (C=O) groups is 1. The predicted octanol–water partition coefficient (Wildman–Crippen LogP) is 2.52. The Morgan fingerprint density at radius 1 is 1.39 bits per heavy atom. The molecule has 102 valence electrons. The molecule has 2 aliphatic rings. The third kappa shape index (κ3) is 2.79. The quantitative estimate of drug-likeness (QED) is 0.811. The van der Waals surface area contributed by atoms with Crippen LogP contribution in [0.1, 0.15) is 52.4 Å². The molecule has 1 unspecified atom stereocenters. The summed E-state index contributed by atoms with van der Waals surface area (Å²) in [6.45, 7) is 4.31. The maximum Gasteiger partial charge on any atom is 0.292 e. The van der Waals surface area contributed by atoms with Crippen molar-refractivity contribution in [1.29, 1.82) is 0 Å². The number of hydrogen-bond donors (Lipinski definition) is 2. The lowest BCUT2D eigenvalue weighted by Gasteiger charge is -2.42. The fourth-order valence-electron chi connectivity index (χ4n) is 3.00. The Hall–Kier alpha value is -1.19. The van der Waals surface area contributed by atoms with Gasteiger partial charge in [0.15, 0.2) is 5.76 Å². The fourth-order valence-corrected chi connectivity index (χ4v) is 3.00. The van der Waals surface area contributed by atoms with Gasteiger partial charge >= 0.3 is 0 Å². The number of carbonyl (C=O) groups excluding carboxylic acids is 1. The van der Waals surface area contributed by atoms with E-state index in [-0.39, 0.29) is 17.8 Å². The topological polar surface area (TPSA) is 52.6 Å². The smallest absolute Gasteiger partial charge is 0.292 e. The Labute approximate surface area is 109 Å². The van der Waals surface area contributed by atoms with E-state index in [9.17, 15) is 9.90 Å². The second kappa shape index (κ2) is 5.63. The number of nitrogens with one attached hydrogen (secondary N) is 1. The minimum absolute atomic E-state index is 0.0384. The van der Waals surface area contributed by atoms with Gasteiger partial charge in [-0.25, -0.2) is 0 Å². The van der Waals surface area contributed by atoms with E-state index in [0.717, 1.165) is 19.3 Å². The Morgan fingerprint density at radius 3 is 2.67 bits per heavy atom. The molecule has 0 aromatic heterocycles. The van der Waals surface area contributed by atoms with Gasteiger partial charge in [0.1, 0.15) is 6.17 Å². The molecule has 1 heterocycles. The molecule has 0 aromatic rings. The highest BCUT2D eigenvalue weighted by molar-refractivity contribution is 5.92. The fraction of sp³-hybridized carbons (Fsp3) is 0.786. The summed E-state index contributed by atoms with van der Waals surface area (Å²) in [5.41, 5.74) is 0. The second-order valence-corrected chi connectivity index (χ2v) is 5.85. The summed E-state index contributed by atoms with van der Waals surface area (Å²) < 4.78 is 0. The molecule has 0 saturated heterocycles. The minimum atomic E-state index is -0.202. The van der Waals surface area contributed by atoms with Crippen molar-refractivity contribution in [3.8, 4) is 0 Å². The number of aliphatic hydroxyl groups is 1. The van der Waals surface area contributed by atoms with Crippen molar-refractivity contribution < 1.29 is 9.90 Å². The Morgan fingerprint density at radius 2 is 2.06 bits per heavy atom. The summed E-state index contributed by atoms with van der Waals surface area (Å²) in [7, 11) is 0. The van der Waals surface area contributed by atoms with Crippen molar-refractivity contribution in [1.82, 2.24) is 10.2 Å². The standard InChI is InChI=1S/C14H24N2O2/c1-10(2)8-13-15-9-12(17)14(18)16(13)11-6-4-3-5-7-11/h9-11,13,15,17H,3-8H2,1-2H3. The van der Waals surface area contributed by atoms with E-state index in [1.165, 1.54) is 25.5 Å². The number of nitrogens with zero attached hydrogens (tertiary/aromatic N) is 1. The van der Waals surface area contributed by atoms with E-state index < -0.39 is 0 Å². The zero-order chi connectivity index (χ0) is 13.1. The summed E-state index contributed by atoms with van der Waals surface area (Å²) in [6, 6.07) is 0.290. The molecule has 1 atom stereocenters. The summed E-state index contributed by atoms with van der Waals surface area (Å²) in [4.78, 5) is 14.1. The molecule has 0 aromatic carbocycles. The highest BCUT2D eigenvalue weighted by atomic mass is 16.3. The second-order valence-electron chi connectivity index (χ2n) is 5.85. The molecular formula is C14H24N2O2. The van der Waals surface area contributed by atoms with Crippen molar-refractivity contribution in [2.45, 2.75) is 64.6 Å². The first-order valence-corrected chi connectivity index (χ1v) is 7.07. The van der Waals surface area contributed by atoms with E-state index >= 15 is 0 Å². The monoisotopic (exact) mass is 252 g/mol. The van der Waals surface area contributed by atoms with Crippen LogP contribution in [0, 0.1) is 5.92 Å². The molecule has 4 nitrogen and oxygen atoms in total. The average Bonchev–Trinajstić information content (AvgIpc) is 2.35. The molecule has 0 bridgehead atoms. The first kappa shape index (κ1) is 13.2. The summed E-state index contributed by atoms with van der Waals surface area (Å²) in [6.07, 6.45) is 8.19. The van der Waals surface area contributed by atoms with E-state index in [2.05, 4.69) is 19.2 Å². The van der Waals surface area contributed by atoms with Crippen LogP contribution in [-0.4, -0.2) is 28.1 Å². The molecule has 1 aliphatic heterocycles. The third-order valence-electron chi connectivity index (χ3n) is 3.86. The van der Waals surface area contributed by atoms with Gasteiger partial charge < -0.3 is 15.3 Å². The maximum absolute atomic E-state index is 12.2. The lowest BCUT2D eigenvalue weighted by molar-refractivity contribution is -0.138. The van der Waals surface area contributed by atoms with Gasteiger partial charge in [-0.1, -0.05) is 33.1 Å². The molecule has 1 aliphatic carbocycles. The maximum atomic E-state index is 12.2. The van der Waals surface area contributed by atoms with Crippen molar-refractivity contribution in [3.05, 3.63) is 12.0 Å². The van der Waals surface area contributed by atoms with E-state index in [0.29, 0.717) is 12.0 Å². The lowest BCUT2D eigenvalue weighted by Crippen LogP contribution is -2.56. The molecule has 2 N–H and O–H groups in total.